The Labute approximate surface area is 150 Å². The number of hydrogen-bond acceptors (Lipinski definition) is 6. The van der Waals surface area contributed by atoms with Crippen LogP contribution in [0, 0.1) is 13.8 Å². The average molecular weight is 357 g/mol. The van der Waals surface area contributed by atoms with Gasteiger partial charge in [0.15, 0.2) is 24.7 Å². The van der Waals surface area contributed by atoms with Crippen LogP contribution in [0.2, 0.25) is 0 Å². The van der Waals surface area contributed by atoms with Crippen molar-refractivity contribution in [2.75, 3.05) is 25.3 Å². The zero-order valence-electron chi connectivity index (χ0n) is 14.5. The zero-order valence-corrected chi connectivity index (χ0v) is 14.5. The molecule has 0 saturated carbocycles. The van der Waals surface area contributed by atoms with Gasteiger partial charge in [-0.2, -0.15) is 0 Å². The summed E-state index contributed by atoms with van der Waals surface area (Å²) in [7, 11) is 0. The predicted molar refractivity (Wildman–Crippen MR) is 93.6 cm³/mol. The molecule has 0 radical (unpaired) electrons. The molecule has 0 fully saturated rings. The Balaban J connectivity index is 1.45. The SMILES string of the molecule is Cc1cccc(C)c1OCC(=O)OCC(=O)Nc1ccc2c(c1)OCO2. The van der Waals surface area contributed by atoms with Crippen molar-refractivity contribution in [2.24, 2.45) is 0 Å². The molecule has 0 unspecified atom stereocenters. The molecule has 0 atom stereocenters. The van der Waals surface area contributed by atoms with Crippen LogP contribution in [0.3, 0.4) is 0 Å². The van der Waals surface area contributed by atoms with E-state index in [2.05, 4.69) is 5.32 Å². The van der Waals surface area contributed by atoms with Crippen LogP contribution < -0.4 is 19.5 Å². The molecule has 1 amide bonds. The Bertz CT molecular complexity index is 813. The molecule has 1 aliphatic rings. The minimum absolute atomic E-state index is 0.157. The third-order valence-electron chi connectivity index (χ3n) is 3.76. The molecule has 0 aromatic heterocycles. The number of benzene rings is 2. The van der Waals surface area contributed by atoms with Gasteiger partial charge in [0.2, 0.25) is 6.79 Å². The number of hydrogen-bond donors (Lipinski definition) is 1. The zero-order chi connectivity index (χ0) is 18.5. The molecule has 7 nitrogen and oxygen atoms in total. The fourth-order valence-electron chi connectivity index (χ4n) is 2.52. The number of fused-ring (bicyclic) bond motifs is 1. The van der Waals surface area contributed by atoms with E-state index in [0.717, 1.165) is 11.1 Å². The summed E-state index contributed by atoms with van der Waals surface area (Å²) >= 11 is 0. The first-order chi connectivity index (χ1) is 12.5. The molecule has 0 spiro atoms. The lowest BCUT2D eigenvalue weighted by molar-refractivity contribution is -0.149. The molecule has 1 N–H and O–H groups in total. The third-order valence-corrected chi connectivity index (χ3v) is 3.76. The standard InChI is InChI=1S/C19H19NO6/c1-12-4-3-5-13(2)19(12)24-10-18(22)23-9-17(21)20-14-6-7-15-16(8-14)26-11-25-15/h3-8H,9-11H2,1-2H3,(H,20,21). The van der Waals surface area contributed by atoms with Gasteiger partial charge in [0.05, 0.1) is 0 Å². The average Bonchev–Trinajstić information content (AvgIpc) is 3.07. The van der Waals surface area contributed by atoms with E-state index in [4.69, 9.17) is 18.9 Å². The number of esters is 1. The number of rotatable bonds is 6. The molecule has 0 saturated heterocycles. The molecule has 7 heteroatoms. The maximum absolute atomic E-state index is 11.9. The highest BCUT2D eigenvalue weighted by atomic mass is 16.7. The Morgan fingerprint density at radius 3 is 2.54 bits per heavy atom. The topological polar surface area (TPSA) is 83.1 Å². The van der Waals surface area contributed by atoms with Crippen molar-refractivity contribution in [1.82, 2.24) is 0 Å². The highest BCUT2D eigenvalue weighted by Crippen LogP contribution is 2.34. The fourth-order valence-corrected chi connectivity index (χ4v) is 2.52. The molecule has 0 bridgehead atoms. The number of carbonyl (C=O) groups is 2. The number of ether oxygens (including phenoxy) is 4. The summed E-state index contributed by atoms with van der Waals surface area (Å²) in [6.07, 6.45) is 0. The van der Waals surface area contributed by atoms with Crippen LogP contribution in [0.25, 0.3) is 0 Å². The van der Waals surface area contributed by atoms with E-state index in [1.807, 2.05) is 32.0 Å². The molecular weight excluding hydrogens is 338 g/mol. The van der Waals surface area contributed by atoms with Gasteiger partial charge in [0, 0.05) is 11.8 Å². The van der Waals surface area contributed by atoms with Gasteiger partial charge in [-0.05, 0) is 37.1 Å². The van der Waals surface area contributed by atoms with Crippen LogP contribution in [0.1, 0.15) is 11.1 Å². The number of anilines is 1. The quantitative estimate of drug-likeness (QED) is 0.800. The summed E-state index contributed by atoms with van der Waals surface area (Å²) in [6.45, 7) is 3.29. The van der Waals surface area contributed by atoms with Crippen LogP contribution in [0.5, 0.6) is 17.2 Å². The molecular formula is C19H19NO6. The lowest BCUT2D eigenvalue weighted by Crippen LogP contribution is -2.23. The van der Waals surface area contributed by atoms with E-state index in [0.29, 0.717) is 22.9 Å². The number of carbonyl (C=O) groups excluding carboxylic acids is 2. The maximum Gasteiger partial charge on any atom is 0.344 e. The van der Waals surface area contributed by atoms with E-state index in [1.165, 1.54) is 0 Å². The molecule has 136 valence electrons. The predicted octanol–water partition coefficient (Wildman–Crippen LogP) is 2.59. The van der Waals surface area contributed by atoms with Gasteiger partial charge < -0.3 is 24.3 Å². The molecule has 0 aliphatic carbocycles. The van der Waals surface area contributed by atoms with E-state index >= 15 is 0 Å². The van der Waals surface area contributed by atoms with E-state index < -0.39 is 18.5 Å². The van der Waals surface area contributed by atoms with Gasteiger partial charge >= 0.3 is 5.97 Å². The Hall–Kier alpha value is -3.22. The minimum Gasteiger partial charge on any atom is -0.481 e. The Morgan fingerprint density at radius 1 is 1.04 bits per heavy atom. The van der Waals surface area contributed by atoms with E-state index in [-0.39, 0.29) is 13.4 Å². The van der Waals surface area contributed by atoms with Gasteiger partial charge in [-0.15, -0.1) is 0 Å². The van der Waals surface area contributed by atoms with Crippen LogP contribution in [0.15, 0.2) is 36.4 Å². The van der Waals surface area contributed by atoms with Crippen LogP contribution in [0.4, 0.5) is 5.69 Å². The van der Waals surface area contributed by atoms with Crippen molar-refractivity contribution in [3.63, 3.8) is 0 Å². The minimum atomic E-state index is -0.617. The van der Waals surface area contributed by atoms with E-state index in [9.17, 15) is 9.59 Å². The van der Waals surface area contributed by atoms with Crippen molar-refractivity contribution < 1.29 is 28.5 Å². The summed E-state index contributed by atoms with van der Waals surface area (Å²) in [5.74, 6) is 0.756. The maximum atomic E-state index is 11.9. The number of aryl methyl sites for hydroxylation is 2. The summed E-state index contributed by atoms with van der Waals surface area (Å²) < 4.78 is 20.9. The molecule has 2 aromatic rings. The molecule has 3 rings (SSSR count). The first kappa shape index (κ1) is 17.6. The van der Waals surface area contributed by atoms with Crippen LogP contribution >= 0.6 is 0 Å². The Morgan fingerprint density at radius 2 is 1.77 bits per heavy atom. The van der Waals surface area contributed by atoms with Crippen molar-refractivity contribution in [3.05, 3.63) is 47.5 Å². The second-order valence-corrected chi connectivity index (χ2v) is 5.79. The van der Waals surface area contributed by atoms with Gasteiger partial charge in [0.25, 0.3) is 5.91 Å². The molecule has 26 heavy (non-hydrogen) atoms. The van der Waals surface area contributed by atoms with Gasteiger partial charge in [-0.3, -0.25) is 4.79 Å². The smallest absolute Gasteiger partial charge is 0.344 e. The largest absolute Gasteiger partial charge is 0.481 e. The van der Waals surface area contributed by atoms with E-state index in [1.54, 1.807) is 18.2 Å². The van der Waals surface area contributed by atoms with Gasteiger partial charge in [-0.1, -0.05) is 18.2 Å². The lowest BCUT2D eigenvalue weighted by Gasteiger charge is -2.11. The third kappa shape index (κ3) is 4.24. The fraction of sp³-hybridized carbons (Fsp3) is 0.263. The normalized spacial score (nSPS) is 11.8. The van der Waals surface area contributed by atoms with Crippen molar-refractivity contribution in [3.8, 4) is 17.2 Å². The first-order valence-corrected chi connectivity index (χ1v) is 8.07. The van der Waals surface area contributed by atoms with Crippen molar-refractivity contribution >= 4 is 17.6 Å². The highest BCUT2D eigenvalue weighted by molar-refractivity contribution is 5.93. The van der Waals surface area contributed by atoms with Gasteiger partial charge in [-0.25, -0.2) is 4.79 Å². The number of amides is 1. The van der Waals surface area contributed by atoms with Crippen LogP contribution in [-0.4, -0.2) is 31.9 Å². The molecule has 1 heterocycles. The Kier molecular flexibility index (Phi) is 5.26. The van der Waals surface area contributed by atoms with Gasteiger partial charge in [0.1, 0.15) is 5.75 Å². The lowest BCUT2D eigenvalue weighted by atomic mass is 10.1. The number of para-hydroxylation sites is 1. The summed E-state index contributed by atoms with van der Waals surface area (Å²) in [4.78, 5) is 23.7. The number of nitrogens with one attached hydrogen (secondary N) is 1. The second kappa shape index (κ2) is 7.77. The second-order valence-electron chi connectivity index (χ2n) is 5.79. The van der Waals surface area contributed by atoms with Crippen LogP contribution in [-0.2, 0) is 14.3 Å². The van der Waals surface area contributed by atoms with Crippen molar-refractivity contribution in [1.29, 1.82) is 0 Å². The summed E-state index contributed by atoms with van der Waals surface area (Å²) in [6, 6.07) is 10.7. The first-order valence-electron chi connectivity index (χ1n) is 8.07. The summed E-state index contributed by atoms with van der Waals surface area (Å²) in [5, 5.41) is 2.63. The van der Waals surface area contributed by atoms with Crippen molar-refractivity contribution in [2.45, 2.75) is 13.8 Å². The molecule has 2 aromatic carbocycles. The summed E-state index contributed by atoms with van der Waals surface area (Å²) in [5.41, 5.74) is 2.39. The molecule has 1 aliphatic heterocycles. The highest BCUT2D eigenvalue weighted by Gasteiger charge is 2.15. The monoisotopic (exact) mass is 357 g/mol.